The van der Waals surface area contributed by atoms with Gasteiger partial charge in [0.2, 0.25) is 5.91 Å². The van der Waals surface area contributed by atoms with Crippen LogP contribution in [0, 0.1) is 0 Å². The summed E-state index contributed by atoms with van der Waals surface area (Å²) < 4.78 is 14.4. The Morgan fingerprint density at radius 2 is 1.71 bits per heavy atom. The van der Waals surface area contributed by atoms with E-state index in [9.17, 15) is 19.2 Å². The van der Waals surface area contributed by atoms with Crippen LogP contribution in [-0.2, 0) is 20.9 Å². The largest absolute Gasteiger partial charge is 0.494 e. The van der Waals surface area contributed by atoms with E-state index in [0.717, 1.165) is 5.56 Å². The molecule has 0 aliphatic heterocycles. The van der Waals surface area contributed by atoms with Crippen LogP contribution in [0.3, 0.4) is 0 Å². The molecule has 5 N–H and O–H groups in total. The highest BCUT2D eigenvalue weighted by atomic mass is 32.1. The van der Waals surface area contributed by atoms with Crippen molar-refractivity contribution in [1.82, 2.24) is 14.6 Å². The van der Waals surface area contributed by atoms with Gasteiger partial charge in [-0.2, -0.15) is 4.37 Å². The fraction of sp³-hybridized carbons (Fsp3) is 0.269. The van der Waals surface area contributed by atoms with Gasteiger partial charge in [0.25, 0.3) is 11.8 Å². The number of hydrogen-bond acceptors (Lipinski definition) is 9. The van der Waals surface area contributed by atoms with Crippen molar-refractivity contribution in [2.24, 2.45) is 5.73 Å². The molecule has 0 aliphatic carbocycles. The lowest BCUT2D eigenvalue weighted by Gasteiger charge is -2.31. The smallest absolute Gasteiger partial charge is 0.325 e. The second kappa shape index (κ2) is 13.2. The van der Waals surface area contributed by atoms with E-state index < -0.39 is 29.7 Å². The molecule has 0 unspecified atom stereocenters. The first-order chi connectivity index (χ1) is 18.3. The molecule has 1 heterocycles. The molecule has 3 rings (SSSR count). The average Bonchev–Trinajstić information content (AvgIpc) is 3.30. The topological polar surface area (TPSA) is 167 Å². The second-order valence-corrected chi connectivity index (χ2v) is 8.76. The van der Waals surface area contributed by atoms with Crippen molar-refractivity contribution in [2.45, 2.75) is 26.4 Å². The first kappa shape index (κ1) is 28.1. The number of esters is 1. The van der Waals surface area contributed by atoms with Crippen molar-refractivity contribution < 1.29 is 28.7 Å². The van der Waals surface area contributed by atoms with Gasteiger partial charge in [-0.1, -0.05) is 42.5 Å². The molecule has 0 saturated heterocycles. The van der Waals surface area contributed by atoms with Gasteiger partial charge in [-0.15, -0.1) is 0 Å². The molecular weight excluding hydrogens is 510 g/mol. The standard InChI is InChI=1S/C26H29N5O6S/c1-3-36-18-12-10-17(11-13-18)22(25(34)29-14-19(32)37-4-2)31(15-16-8-6-5-7-9-16)26(35)23-20(27)21(24(28)33)30-38-23/h5-13,22H,3-4,14-15,27H2,1-2H3,(H2,28,33)(H,29,34)/t22-/m1/s1. The van der Waals surface area contributed by atoms with Crippen molar-refractivity contribution in [1.29, 1.82) is 0 Å². The Bertz CT molecular complexity index is 1280. The van der Waals surface area contributed by atoms with Gasteiger partial charge in [0.1, 0.15) is 23.2 Å². The SMILES string of the molecule is CCOC(=O)CNC(=O)[C@@H](c1ccc(OCC)cc1)N(Cc1ccccc1)C(=O)c1snc(C(N)=O)c1N. The highest BCUT2D eigenvalue weighted by Crippen LogP contribution is 2.31. The molecule has 11 nitrogen and oxygen atoms in total. The molecule has 3 aromatic rings. The number of ether oxygens (including phenoxy) is 2. The number of nitrogens with two attached hydrogens (primary N) is 2. The molecule has 12 heteroatoms. The number of carbonyl (C=O) groups excluding carboxylic acids is 4. The number of rotatable bonds is 12. The Kier molecular flexibility index (Phi) is 9.77. The lowest BCUT2D eigenvalue weighted by molar-refractivity contribution is -0.143. The normalized spacial score (nSPS) is 11.3. The number of amides is 3. The second-order valence-electron chi connectivity index (χ2n) is 7.98. The Morgan fingerprint density at radius 3 is 2.29 bits per heavy atom. The Balaban J connectivity index is 2.08. The monoisotopic (exact) mass is 539 g/mol. The van der Waals surface area contributed by atoms with Crippen molar-refractivity contribution in [3.05, 3.63) is 76.3 Å². The summed E-state index contributed by atoms with van der Waals surface area (Å²) in [6.45, 7) is 3.73. The molecule has 200 valence electrons. The van der Waals surface area contributed by atoms with Crippen LogP contribution in [0.4, 0.5) is 5.69 Å². The number of benzene rings is 2. The maximum absolute atomic E-state index is 13.9. The van der Waals surface area contributed by atoms with Crippen molar-refractivity contribution in [2.75, 3.05) is 25.5 Å². The predicted octanol–water partition coefficient (Wildman–Crippen LogP) is 2.29. The van der Waals surface area contributed by atoms with E-state index in [1.807, 2.05) is 13.0 Å². The number of anilines is 1. The van der Waals surface area contributed by atoms with Crippen LogP contribution in [0.1, 0.15) is 51.2 Å². The Hall–Kier alpha value is -4.45. The molecule has 3 amide bonds. The third-order valence-electron chi connectivity index (χ3n) is 5.39. The molecule has 1 aromatic heterocycles. The van der Waals surface area contributed by atoms with Gasteiger partial charge in [-0.05, 0) is 48.6 Å². The van der Waals surface area contributed by atoms with Crippen LogP contribution < -0.4 is 21.5 Å². The maximum Gasteiger partial charge on any atom is 0.325 e. The molecule has 0 fully saturated rings. The molecule has 38 heavy (non-hydrogen) atoms. The highest BCUT2D eigenvalue weighted by Gasteiger charge is 2.35. The number of primary amides is 1. The fourth-order valence-electron chi connectivity index (χ4n) is 3.67. The fourth-order valence-corrected chi connectivity index (χ4v) is 4.44. The van der Waals surface area contributed by atoms with Crippen LogP contribution in [0.5, 0.6) is 5.75 Å². The zero-order valence-corrected chi connectivity index (χ0v) is 21.8. The molecule has 1 atom stereocenters. The van der Waals surface area contributed by atoms with Crippen LogP contribution in [-0.4, -0.2) is 52.7 Å². The minimum atomic E-state index is -1.19. The zero-order chi connectivity index (χ0) is 27.7. The maximum atomic E-state index is 13.9. The minimum Gasteiger partial charge on any atom is -0.494 e. The van der Waals surface area contributed by atoms with Crippen LogP contribution >= 0.6 is 11.5 Å². The first-order valence-electron chi connectivity index (χ1n) is 11.8. The molecule has 0 bridgehead atoms. The van der Waals surface area contributed by atoms with Gasteiger partial charge in [0, 0.05) is 6.54 Å². The van der Waals surface area contributed by atoms with E-state index in [2.05, 4.69) is 9.69 Å². The summed E-state index contributed by atoms with van der Waals surface area (Å²) in [6, 6.07) is 14.5. The van der Waals surface area contributed by atoms with Crippen molar-refractivity contribution in [3.8, 4) is 5.75 Å². The van der Waals surface area contributed by atoms with Gasteiger partial charge in [0.05, 0.1) is 18.9 Å². The number of aromatic nitrogens is 1. The van der Waals surface area contributed by atoms with E-state index >= 15 is 0 Å². The van der Waals surface area contributed by atoms with Gasteiger partial charge in [-0.3, -0.25) is 19.2 Å². The molecule has 0 saturated carbocycles. The molecule has 0 aliphatic rings. The van der Waals surface area contributed by atoms with E-state index in [1.54, 1.807) is 55.5 Å². The highest BCUT2D eigenvalue weighted by molar-refractivity contribution is 7.09. The summed E-state index contributed by atoms with van der Waals surface area (Å²) in [4.78, 5) is 52.4. The molecule has 0 spiro atoms. The third-order valence-corrected chi connectivity index (χ3v) is 6.24. The lowest BCUT2D eigenvalue weighted by atomic mass is 10.0. The summed E-state index contributed by atoms with van der Waals surface area (Å²) in [5, 5.41) is 2.56. The van der Waals surface area contributed by atoms with E-state index in [0.29, 0.717) is 29.5 Å². The van der Waals surface area contributed by atoms with E-state index in [4.69, 9.17) is 20.9 Å². The van der Waals surface area contributed by atoms with Gasteiger partial charge >= 0.3 is 5.97 Å². The molecule has 2 aromatic carbocycles. The number of nitrogens with zero attached hydrogens (tertiary/aromatic N) is 2. The molecule has 0 radical (unpaired) electrons. The summed E-state index contributed by atoms with van der Waals surface area (Å²) >= 11 is 0.717. The van der Waals surface area contributed by atoms with Crippen LogP contribution in [0.25, 0.3) is 0 Å². The Morgan fingerprint density at radius 1 is 1.03 bits per heavy atom. The number of nitrogen functional groups attached to an aromatic ring is 1. The summed E-state index contributed by atoms with van der Waals surface area (Å²) in [5.74, 6) is -2.17. The van der Waals surface area contributed by atoms with Gasteiger partial charge in [-0.25, -0.2) is 0 Å². The minimum absolute atomic E-state index is 0.00756. The van der Waals surface area contributed by atoms with Gasteiger partial charge < -0.3 is 31.2 Å². The van der Waals surface area contributed by atoms with Crippen LogP contribution in [0.15, 0.2) is 54.6 Å². The Labute approximate surface area is 223 Å². The van der Waals surface area contributed by atoms with Crippen LogP contribution in [0.2, 0.25) is 0 Å². The number of hydrogen-bond donors (Lipinski definition) is 3. The summed E-state index contributed by atoms with van der Waals surface area (Å²) in [6.07, 6.45) is 0. The van der Waals surface area contributed by atoms with E-state index in [-0.39, 0.29) is 36.0 Å². The lowest BCUT2D eigenvalue weighted by Crippen LogP contribution is -2.44. The number of carbonyl (C=O) groups is 4. The zero-order valence-electron chi connectivity index (χ0n) is 21.0. The van der Waals surface area contributed by atoms with Gasteiger partial charge in [0.15, 0.2) is 5.69 Å². The first-order valence-corrected chi connectivity index (χ1v) is 12.6. The third kappa shape index (κ3) is 6.85. The molecular formula is C26H29N5O6S. The predicted molar refractivity (Wildman–Crippen MR) is 141 cm³/mol. The van der Waals surface area contributed by atoms with Crippen molar-refractivity contribution in [3.63, 3.8) is 0 Å². The average molecular weight is 540 g/mol. The van der Waals surface area contributed by atoms with E-state index in [1.165, 1.54) is 4.90 Å². The quantitative estimate of drug-likeness (QED) is 0.295. The van der Waals surface area contributed by atoms with Crippen molar-refractivity contribution >= 4 is 40.9 Å². The summed E-state index contributed by atoms with van der Waals surface area (Å²) in [5.41, 5.74) is 12.2. The number of nitrogens with one attached hydrogen (secondary N) is 1. The summed E-state index contributed by atoms with van der Waals surface area (Å²) in [7, 11) is 0.